The number of anilines is 4. The maximum atomic E-state index is 13.4. The smallest absolute Gasteiger partial charge is 0.277 e. The molecule has 4 rings (SSSR count). The molecule has 0 aliphatic heterocycles. The monoisotopic (exact) mass is 494 g/mol. The number of aromatic nitrogens is 2. The van der Waals surface area contributed by atoms with E-state index in [1.54, 1.807) is 37.3 Å². The van der Waals surface area contributed by atoms with E-state index < -0.39 is 29.5 Å². The van der Waals surface area contributed by atoms with Crippen molar-refractivity contribution in [1.29, 1.82) is 0 Å². The van der Waals surface area contributed by atoms with Gasteiger partial charge in [0.05, 0.1) is 0 Å². The number of nitrogen functional groups attached to an aromatic ring is 1. The van der Waals surface area contributed by atoms with Crippen molar-refractivity contribution in [2.24, 2.45) is 5.73 Å². The zero-order valence-electron chi connectivity index (χ0n) is 18.3. The second-order valence-electron chi connectivity index (χ2n) is 7.36. The van der Waals surface area contributed by atoms with E-state index in [2.05, 4.69) is 15.5 Å². The summed E-state index contributed by atoms with van der Waals surface area (Å²) in [5, 5.41) is 6.49. The fourth-order valence-electron chi connectivity index (χ4n) is 3.13. The summed E-state index contributed by atoms with van der Waals surface area (Å²) in [5.74, 6) is -2.68. The molecule has 178 valence electrons. The summed E-state index contributed by atoms with van der Waals surface area (Å²) < 4.78 is 18.5. The van der Waals surface area contributed by atoms with E-state index in [4.69, 9.17) is 16.0 Å². The lowest BCUT2D eigenvalue weighted by Gasteiger charge is -2.26. The molecule has 2 aromatic heterocycles. The van der Waals surface area contributed by atoms with E-state index in [-0.39, 0.29) is 27.3 Å². The number of nitrogens with two attached hydrogens (primary N) is 2. The summed E-state index contributed by atoms with van der Waals surface area (Å²) in [6.07, 6.45) is 0. The molecule has 0 saturated carbocycles. The van der Waals surface area contributed by atoms with Gasteiger partial charge in [0.1, 0.15) is 22.6 Å². The van der Waals surface area contributed by atoms with Crippen molar-refractivity contribution in [2.45, 2.75) is 13.0 Å². The van der Waals surface area contributed by atoms with Crippen LogP contribution in [0.25, 0.3) is 0 Å². The van der Waals surface area contributed by atoms with Gasteiger partial charge in [0.25, 0.3) is 5.91 Å². The van der Waals surface area contributed by atoms with Crippen LogP contribution in [0.5, 0.6) is 0 Å². The van der Waals surface area contributed by atoms with Gasteiger partial charge in [-0.05, 0) is 43.3 Å². The molecular formula is C23H19FN6O4S. The van der Waals surface area contributed by atoms with E-state index in [0.29, 0.717) is 11.4 Å². The van der Waals surface area contributed by atoms with Gasteiger partial charge < -0.3 is 26.2 Å². The Morgan fingerprint density at radius 1 is 1.11 bits per heavy atom. The number of carbonyl (C=O) groups excluding carboxylic acids is 3. The van der Waals surface area contributed by atoms with Gasteiger partial charge in [0, 0.05) is 17.4 Å². The first-order chi connectivity index (χ1) is 16.7. The van der Waals surface area contributed by atoms with E-state index in [9.17, 15) is 18.8 Å². The van der Waals surface area contributed by atoms with Crippen LogP contribution in [0.1, 0.15) is 32.8 Å². The first-order valence-electron chi connectivity index (χ1n) is 10.2. The van der Waals surface area contributed by atoms with Crippen LogP contribution in [0.2, 0.25) is 0 Å². The second kappa shape index (κ2) is 9.73. The van der Waals surface area contributed by atoms with E-state index in [1.165, 1.54) is 35.2 Å². The summed E-state index contributed by atoms with van der Waals surface area (Å²) in [4.78, 5) is 43.0. The van der Waals surface area contributed by atoms with Crippen LogP contribution in [0.15, 0.2) is 65.2 Å². The van der Waals surface area contributed by atoms with Gasteiger partial charge in [-0.2, -0.15) is 0 Å². The van der Waals surface area contributed by atoms with Gasteiger partial charge in [-0.15, -0.1) is 0 Å². The Kier molecular flexibility index (Phi) is 6.55. The Labute approximate surface area is 202 Å². The average Bonchev–Trinajstić information content (AvgIpc) is 3.48. The highest BCUT2D eigenvalue weighted by Gasteiger charge is 2.29. The molecule has 0 aliphatic carbocycles. The third kappa shape index (κ3) is 5.01. The molecule has 0 bridgehead atoms. The van der Waals surface area contributed by atoms with Crippen LogP contribution in [-0.4, -0.2) is 33.8 Å². The molecule has 1 unspecified atom stereocenters. The second-order valence-corrected chi connectivity index (χ2v) is 8.34. The Hall–Kier alpha value is -4.58. The van der Waals surface area contributed by atoms with Crippen LogP contribution in [-0.2, 0) is 4.79 Å². The number of halogens is 1. The average molecular weight is 495 g/mol. The molecule has 12 heteroatoms. The number of primary amides is 1. The predicted octanol–water partition coefficient (Wildman–Crippen LogP) is 3.35. The fourth-order valence-corrected chi connectivity index (χ4v) is 4.16. The van der Waals surface area contributed by atoms with Crippen molar-refractivity contribution in [3.05, 3.63) is 82.8 Å². The minimum atomic E-state index is -0.882. The molecule has 0 radical (unpaired) electrons. The van der Waals surface area contributed by atoms with Gasteiger partial charge in [-0.3, -0.25) is 14.4 Å². The first-order valence-corrected chi connectivity index (χ1v) is 11.0. The van der Waals surface area contributed by atoms with Crippen molar-refractivity contribution in [3.63, 3.8) is 0 Å². The number of rotatable bonds is 8. The number of benzene rings is 2. The largest absolute Gasteiger partial charge is 0.382 e. The molecule has 4 aromatic rings. The summed E-state index contributed by atoms with van der Waals surface area (Å²) in [7, 11) is 0. The molecule has 0 fully saturated rings. The molecule has 5 N–H and O–H groups in total. The molecule has 35 heavy (non-hydrogen) atoms. The zero-order chi connectivity index (χ0) is 25.1. The van der Waals surface area contributed by atoms with E-state index in [1.807, 2.05) is 0 Å². The fraction of sp³-hybridized carbons (Fsp3) is 0.0870. The van der Waals surface area contributed by atoms with Gasteiger partial charge in [-0.25, -0.2) is 9.37 Å². The Morgan fingerprint density at radius 2 is 1.80 bits per heavy atom. The number of nitrogens with one attached hydrogen (secondary N) is 1. The van der Waals surface area contributed by atoms with Crippen LogP contribution >= 0.6 is 11.3 Å². The van der Waals surface area contributed by atoms with Crippen LogP contribution in [0.4, 0.5) is 26.7 Å². The number of nitrogens with zero attached hydrogens (tertiary/aromatic N) is 3. The number of hydrogen-bond donors (Lipinski definition) is 3. The third-order valence-corrected chi connectivity index (χ3v) is 6.03. The molecule has 0 spiro atoms. The van der Waals surface area contributed by atoms with Crippen LogP contribution < -0.4 is 21.7 Å². The molecule has 0 aliphatic rings. The molecule has 2 amide bonds. The molecule has 2 heterocycles. The lowest BCUT2D eigenvalue weighted by Crippen LogP contribution is -2.39. The van der Waals surface area contributed by atoms with Crippen LogP contribution in [0.3, 0.4) is 0 Å². The normalized spacial score (nSPS) is 11.6. The van der Waals surface area contributed by atoms with Crippen molar-refractivity contribution in [1.82, 2.24) is 10.1 Å². The maximum absolute atomic E-state index is 13.4. The van der Waals surface area contributed by atoms with E-state index in [0.717, 1.165) is 11.3 Å². The Morgan fingerprint density at radius 3 is 2.46 bits per heavy atom. The zero-order valence-corrected chi connectivity index (χ0v) is 19.1. The molecule has 2 aromatic carbocycles. The van der Waals surface area contributed by atoms with Gasteiger partial charge in [0.15, 0.2) is 10.8 Å². The number of para-hydroxylation sites is 1. The maximum Gasteiger partial charge on any atom is 0.277 e. The highest BCUT2D eigenvalue weighted by molar-refractivity contribution is 7.18. The summed E-state index contributed by atoms with van der Waals surface area (Å²) >= 11 is 0.886. The van der Waals surface area contributed by atoms with Gasteiger partial charge in [-0.1, -0.05) is 34.7 Å². The Balaban J connectivity index is 1.61. The minimum absolute atomic E-state index is 0.00921. The number of hydrogen-bond acceptors (Lipinski definition) is 9. The quantitative estimate of drug-likeness (QED) is 0.315. The summed E-state index contributed by atoms with van der Waals surface area (Å²) in [6.45, 7) is 1.54. The highest BCUT2D eigenvalue weighted by Crippen LogP contribution is 2.36. The van der Waals surface area contributed by atoms with Gasteiger partial charge in [0.2, 0.25) is 17.5 Å². The van der Waals surface area contributed by atoms with Gasteiger partial charge >= 0.3 is 0 Å². The van der Waals surface area contributed by atoms with Crippen LogP contribution in [0, 0.1) is 5.82 Å². The standard InChI is InChI=1S/C23H19FN6O4S/c1-12(21(26)32)30(15-9-7-13(24)8-10-15)23-28-20(25)19(35-23)18(31)17-11-16(29-34-17)22(33)27-14-5-3-2-4-6-14/h2-12H,25H2,1H3,(H2,26,32)(H,27,33). The van der Waals surface area contributed by atoms with Crippen molar-refractivity contribution in [2.75, 3.05) is 16.0 Å². The lowest BCUT2D eigenvalue weighted by molar-refractivity contribution is -0.118. The number of thiazole rings is 1. The number of ketones is 1. The number of carbonyl (C=O) groups is 3. The summed E-state index contributed by atoms with van der Waals surface area (Å²) in [6, 6.07) is 14.4. The molecular weight excluding hydrogens is 475 g/mol. The first kappa shape index (κ1) is 23.6. The topological polar surface area (TPSA) is 157 Å². The summed E-state index contributed by atoms with van der Waals surface area (Å²) in [5.41, 5.74) is 12.4. The van der Waals surface area contributed by atoms with Crippen molar-refractivity contribution < 1.29 is 23.3 Å². The van der Waals surface area contributed by atoms with Crippen molar-refractivity contribution >= 4 is 51.3 Å². The molecule has 1 atom stereocenters. The molecule has 10 nitrogen and oxygen atoms in total. The Bertz CT molecular complexity index is 1390. The minimum Gasteiger partial charge on any atom is -0.382 e. The lowest BCUT2D eigenvalue weighted by atomic mass is 10.2. The SMILES string of the molecule is CC(C(N)=O)N(c1ccc(F)cc1)c1nc(N)c(C(=O)c2cc(C(=O)Nc3ccccc3)no2)s1. The molecule has 0 saturated heterocycles. The number of amides is 2. The van der Waals surface area contributed by atoms with E-state index >= 15 is 0 Å². The van der Waals surface area contributed by atoms with Crippen molar-refractivity contribution in [3.8, 4) is 0 Å². The highest BCUT2D eigenvalue weighted by atomic mass is 32.1. The predicted molar refractivity (Wildman–Crippen MR) is 128 cm³/mol. The third-order valence-electron chi connectivity index (χ3n) is 4.96.